The van der Waals surface area contributed by atoms with Crippen LogP contribution in [0.15, 0.2) is 24.3 Å². The van der Waals surface area contributed by atoms with Crippen LogP contribution in [0.25, 0.3) is 0 Å². The Bertz CT molecular complexity index is 569. The van der Waals surface area contributed by atoms with Crippen molar-refractivity contribution in [2.24, 2.45) is 5.92 Å². The number of carbonyl (C=O) groups is 1. The van der Waals surface area contributed by atoms with Gasteiger partial charge in [0.2, 0.25) is 5.91 Å². The van der Waals surface area contributed by atoms with Gasteiger partial charge in [0.1, 0.15) is 0 Å². The molecule has 0 radical (unpaired) electrons. The van der Waals surface area contributed by atoms with E-state index in [1.54, 1.807) is 0 Å². The summed E-state index contributed by atoms with van der Waals surface area (Å²) >= 11 is 8.31. The highest BCUT2D eigenvalue weighted by atomic mass is 35.5. The molecule has 26 heavy (non-hydrogen) atoms. The van der Waals surface area contributed by atoms with Crippen LogP contribution in [0, 0.1) is 5.92 Å². The topological polar surface area (TPSA) is 32.3 Å². The van der Waals surface area contributed by atoms with Crippen molar-refractivity contribution in [2.75, 3.05) is 25.4 Å². The number of benzene rings is 1. The molecule has 1 aliphatic heterocycles. The summed E-state index contributed by atoms with van der Waals surface area (Å²) in [5.41, 5.74) is 1.18. The predicted molar refractivity (Wildman–Crippen MR) is 112 cm³/mol. The average molecular weight is 395 g/mol. The van der Waals surface area contributed by atoms with E-state index in [0.29, 0.717) is 0 Å². The summed E-state index contributed by atoms with van der Waals surface area (Å²) in [6.07, 6.45) is 8.81. The van der Waals surface area contributed by atoms with Gasteiger partial charge in [0, 0.05) is 35.0 Å². The predicted octanol–water partition coefficient (Wildman–Crippen LogP) is 4.73. The first-order valence-electron chi connectivity index (χ1n) is 10.1. The second kappa shape index (κ2) is 10.6. The minimum Gasteiger partial charge on any atom is -0.355 e. The van der Waals surface area contributed by atoms with E-state index in [4.69, 9.17) is 11.6 Å². The fourth-order valence-electron chi connectivity index (χ4n) is 4.00. The Morgan fingerprint density at radius 1 is 1.12 bits per heavy atom. The van der Waals surface area contributed by atoms with Gasteiger partial charge in [-0.2, -0.15) is 11.8 Å². The summed E-state index contributed by atoms with van der Waals surface area (Å²) in [5.74, 6) is 1.49. The van der Waals surface area contributed by atoms with Crippen LogP contribution in [-0.2, 0) is 11.3 Å². The molecule has 5 heteroatoms. The van der Waals surface area contributed by atoms with E-state index in [-0.39, 0.29) is 11.8 Å². The first kappa shape index (κ1) is 20.0. The van der Waals surface area contributed by atoms with Crippen molar-refractivity contribution in [3.8, 4) is 0 Å². The van der Waals surface area contributed by atoms with Crippen LogP contribution in [0.4, 0.5) is 0 Å². The van der Waals surface area contributed by atoms with E-state index in [1.807, 2.05) is 18.2 Å². The molecule has 1 aliphatic carbocycles. The second-order valence-electron chi connectivity index (χ2n) is 7.56. The first-order valence-corrected chi connectivity index (χ1v) is 11.5. The Hall–Kier alpha value is -0.710. The third kappa shape index (κ3) is 6.17. The Morgan fingerprint density at radius 3 is 2.58 bits per heavy atom. The summed E-state index contributed by atoms with van der Waals surface area (Å²) < 4.78 is 0. The Labute approximate surface area is 167 Å². The van der Waals surface area contributed by atoms with Gasteiger partial charge in [-0.1, -0.05) is 49.1 Å². The van der Waals surface area contributed by atoms with E-state index in [1.165, 1.54) is 37.7 Å². The van der Waals surface area contributed by atoms with Gasteiger partial charge in [0.25, 0.3) is 0 Å². The molecule has 1 heterocycles. The molecule has 1 saturated carbocycles. The zero-order chi connectivity index (χ0) is 18.2. The van der Waals surface area contributed by atoms with Crippen molar-refractivity contribution in [1.29, 1.82) is 0 Å². The number of nitrogens with zero attached hydrogens (tertiary/aromatic N) is 1. The molecule has 0 unspecified atom stereocenters. The van der Waals surface area contributed by atoms with Gasteiger partial charge in [-0.25, -0.2) is 0 Å². The number of carbonyl (C=O) groups excluding carboxylic acids is 1. The minimum atomic E-state index is 0.178. The van der Waals surface area contributed by atoms with Crippen LogP contribution in [-0.4, -0.2) is 41.4 Å². The van der Waals surface area contributed by atoms with Crippen LogP contribution in [0.1, 0.15) is 50.5 Å². The lowest BCUT2D eigenvalue weighted by Crippen LogP contribution is -2.40. The van der Waals surface area contributed by atoms with Crippen LogP contribution in [0.2, 0.25) is 5.02 Å². The van der Waals surface area contributed by atoms with Gasteiger partial charge in [0.05, 0.1) is 0 Å². The SMILES string of the molecule is O=C(NCCSC1CCCCC1)C1CCN(Cc2ccccc2Cl)CC1. The van der Waals surface area contributed by atoms with Crippen molar-refractivity contribution < 1.29 is 4.79 Å². The average Bonchev–Trinajstić information content (AvgIpc) is 2.68. The van der Waals surface area contributed by atoms with E-state index >= 15 is 0 Å². The zero-order valence-electron chi connectivity index (χ0n) is 15.6. The van der Waals surface area contributed by atoms with Gasteiger partial charge in [-0.15, -0.1) is 0 Å². The number of amides is 1. The third-order valence-electron chi connectivity index (χ3n) is 5.62. The largest absolute Gasteiger partial charge is 0.355 e. The number of halogens is 1. The standard InChI is InChI=1S/C21H31ClN2OS/c22-20-9-5-4-6-18(20)16-24-13-10-17(11-14-24)21(25)23-12-15-26-19-7-2-1-3-8-19/h4-6,9,17,19H,1-3,7-8,10-16H2,(H,23,25). The highest BCUT2D eigenvalue weighted by Crippen LogP contribution is 2.28. The van der Waals surface area contributed by atoms with Crippen LogP contribution >= 0.6 is 23.4 Å². The number of hydrogen-bond donors (Lipinski definition) is 1. The maximum absolute atomic E-state index is 12.4. The second-order valence-corrected chi connectivity index (χ2v) is 9.38. The third-order valence-corrected chi connectivity index (χ3v) is 7.37. The molecule has 3 rings (SSSR count). The lowest BCUT2D eigenvalue weighted by molar-refractivity contribution is -0.126. The maximum atomic E-state index is 12.4. The molecular weight excluding hydrogens is 364 g/mol. The molecule has 3 nitrogen and oxygen atoms in total. The number of rotatable bonds is 7. The quantitative estimate of drug-likeness (QED) is 0.678. The zero-order valence-corrected chi connectivity index (χ0v) is 17.2. The van der Waals surface area contributed by atoms with Crippen LogP contribution < -0.4 is 5.32 Å². The van der Waals surface area contributed by atoms with Gasteiger partial charge in [-0.3, -0.25) is 9.69 Å². The van der Waals surface area contributed by atoms with Crippen molar-refractivity contribution in [2.45, 2.75) is 56.7 Å². The monoisotopic (exact) mass is 394 g/mol. The summed E-state index contributed by atoms with van der Waals surface area (Å²) in [6, 6.07) is 8.04. The molecule has 1 amide bonds. The summed E-state index contributed by atoms with van der Waals surface area (Å²) in [6.45, 7) is 3.64. The molecule has 0 aromatic heterocycles. The number of likely N-dealkylation sites (tertiary alicyclic amines) is 1. The number of thioether (sulfide) groups is 1. The Kier molecular flexibility index (Phi) is 8.15. The molecule has 2 aliphatic rings. The number of hydrogen-bond acceptors (Lipinski definition) is 3. The Balaban J connectivity index is 1.31. The fourth-order valence-corrected chi connectivity index (χ4v) is 5.41. The molecule has 1 aromatic rings. The van der Waals surface area contributed by atoms with Crippen molar-refractivity contribution in [3.05, 3.63) is 34.9 Å². The van der Waals surface area contributed by atoms with Crippen molar-refractivity contribution in [3.63, 3.8) is 0 Å². The van der Waals surface area contributed by atoms with Crippen LogP contribution in [0.5, 0.6) is 0 Å². The van der Waals surface area contributed by atoms with Crippen molar-refractivity contribution in [1.82, 2.24) is 10.2 Å². The fraction of sp³-hybridized carbons (Fsp3) is 0.667. The molecule has 1 aromatic carbocycles. The normalized spacial score (nSPS) is 20.2. The summed E-state index contributed by atoms with van der Waals surface area (Å²) in [7, 11) is 0. The number of piperidine rings is 1. The van der Waals surface area contributed by atoms with E-state index in [2.05, 4.69) is 28.0 Å². The lowest BCUT2D eigenvalue weighted by atomic mass is 9.95. The van der Waals surface area contributed by atoms with Gasteiger partial charge >= 0.3 is 0 Å². The smallest absolute Gasteiger partial charge is 0.223 e. The molecule has 0 atom stereocenters. The van der Waals surface area contributed by atoms with E-state index < -0.39 is 0 Å². The highest BCUT2D eigenvalue weighted by Gasteiger charge is 2.25. The molecule has 2 fully saturated rings. The maximum Gasteiger partial charge on any atom is 0.223 e. The first-order chi connectivity index (χ1) is 12.7. The summed E-state index contributed by atoms with van der Waals surface area (Å²) in [4.78, 5) is 14.8. The molecule has 0 spiro atoms. The van der Waals surface area contributed by atoms with E-state index in [9.17, 15) is 4.79 Å². The van der Waals surface area contributed by atoms with Crippen LogP contribution in [0.3, 0.4) is 0 Å². The summed E-state index contributed by atoms with van der Waals surface area (Å²) in [5, 5.41) is 4.83. The van der Waals surface area contributed by atoms with E-state index in [0.717, 1.165) is 55.0 Å². The minimum absolute atomic E-state index is 0.178. The molecule has 1 saturated heterocycles. The van der Waals surface area contributed by atoms with Gasteiger partial charge in [-0.05, 0) is 50.4 Å². The van der Waals surface area contributed by atoms with Gasteiger partial charge < -0.3 is 5.32 Å². The van der Waals surface area contributed by atoms with Crippen molar-refractivity contribution >= 4 is 29.3 Å². The molecular formula is C21H31ClN2OS. The lowest BCUT2D eigenvalue weighted by Gasteiger charge is -2.31. The number of nitrogens with one attached hydrogen (secondary N) is 1. The van der Waals surface area contributed by atoms with Gasteiger partial charge in [0.15, 0.2) is 0 Å². The highest BCUT2D eigenvalue weighted by molar-refractivity contribution is 7.99. The molecule has 0 bridgehead atoms. The molecule has 144 valence electrons. The Morgan fingerprint density at radius 2 is 1.85 bits per heavy atom. The molecule has 1 N–H and O–H groups in total.